The summed E-state index contributed by atoms with van der Waals surface area (Å²) in [5, 5.41) is 9.24. The number of pyridine rings is 1. The quantitative estimate of drug-likeness (QED) is 0.807. The number of hydrogen-bond acceptors (Lipinski definition) is 2. The fraction of sp³-hybridized carbons (Fsp3) is 0.500. The molecule has 0 aliphatic heterocycles. The van der Waals surface area contributed by atoms with E-state index >= 15 is 0 Å². The lowest BCUT2D eigenvalue weighted by molar-refractivity contribution is -0.140. The number of aliphatic carboxylic acids is 1. The Bertz CT molecular complexity index is 307. The molecule has 0 spiro atoms. The molecule has 3 heteroatoms. The van der Waals surface area contributed by atoms with E-state index in [0.29, 0.717) is 0 Å². The summed E-state index contributed by atoms with van der Waals surface area (Å²) in [6.07, 6.45) is 5.06. The van der Waals surface area contributed by atoms with Gasteiger partial charge in [0, 0.05) is 12.4 Å². The normalized spacial score (nSPS) is 12.7. The van der Waals surface area contributed by atoms with E-state index in [0.717, 1.165) is 18.4 Å². The molecule has 0 aromatic carbocycles. The maximum atomic E-state index is 11.2. The molecule has 0 aliphatic rings. The zero-order valence-electron chi connectivity index (χ0n) is 9.18. The smallest absolute Gasteiger partial charge is 0.311 e. The summed E-state index contributed by atoms with van der Waals surface area (Å²) in [4.78, 5) is 15.1. The zero-order valence-corrected chi connectivity index (χ0v) is 9.18. The third-order valence-electron chi connectivity index (χ3n) is 2.85. The topological polar surface area (TPSA) is 50.2 Å². The predicted octanol–water partition coefficient (Wildman–Crippen LogP) is 2.69. The Morgan fingerprint density at radius 2 is 1.87 bits per heavy atom. The van der Waals surface area contributed by atoms with Gasteiger partial charge in [0.1, 0.15) is 0 Å². The third kappa shape index (κ3) is 2.78. The van der Waals surface area contributed by atoms with Crippen molar-refractivity contribution in [3.05, 3.63) is 30.1 Å². The summed E-state index contributed by atoms with van der Waals surface area (Å²) in [5.74, 6) is -0.942. The standard InChI is InChI=1S/C12H17NO2/c1-3-9(4-2)11(12(14)15)10-5-7-13-8-6-10/h5-9,11H,3-4H2,1-2H3,(H,14,15). The summed E-state index contributed by atoms with van der Waals surface area (Å²) >= 11 is 0. The summed E-state index contributed by atoms with van der Waals surface area (Å²) in [7, 11) is 0. The molecular weight excluding hydrogens is 190 g/mol. The lowest BCUT2D eigenvalue weighted by atomic mass is 9.83. The van der Waals surface area contributed by atoms with E-state index in [1.54, 1.807) is 24.5 Å². The van der Waals surface area contributed by atoms with Gasteiger partial charge in [-0.2, -0.15) is 0 Å². The lowest BCUT2D eigenvalue weighted by Gasteiger charge is -2.21. The minimum Gasteiger partial charge on any atom is -0.481 e. The molecule has 3 nitrogen and oxygen atoms in total. The van der Waals surface area contributed by atoms with Gasteiger partial charge in [-0.25, -0.2) is 0 Å². The molecule has 82 valence electrons. The highest BCUT2D eigenvalue weighted by molar-refractivity contribution is 5.76. The van der Waals surface area contributed by atoms with Gasteiger partial charge in [0.25, 0.3) is 0 Å². The van der Waals surface area contributed by atoms with Gasteiger partial charge in [0.05, 0.1) is 5.92 Å². The number of carboxylic acid groups (broad SMARTS) is 1. The molecule has 0 amide bonds. The van der Waals surface area contributed by atoms with Crippen LogP contribution >= 0.6 is 0 Å². The zero-order chi connectivity index (χ0) is 11.3. The second kappa shape index (κ2) is 5.49. The van der Waals surface area contributed by atoms with E-state index in [2.05, 4.69) is 4.98 Å². The predicted molar refractivity (Wildman–Crippen MR) is 58.7 cm³/mol. The molecule has 1 unspecified atom stereocenters. The molecule has 0 saturated heterocycles. The second-order valence-electron chi connectivity index (χ2n) is 3.67. The van der Waals surface area contributed by atoms with E-state index in [4.69, 9.17) is 0 Å². The molecule has 0 radical (unpaired) electrons. The number of carboxylic acids is 1. The third-order valence-corrected chi connectivity index (χ3v) is 2.85. The first-order chi connectivity index (χ1) is 7.20. The van der Waals surface area contributed by atoms with Crippen molar-refractivity contribution in [2.75, 3.05) is 0 Å². The molecule has 15 heavy (non-hydrogen) atoms. The van der Waals surface area contributed by atoms with Crippen LogP contribution < -0.4 is 0 Å². The Morgan fingerprint density at radius 3 is 2.27 bits per heavy atom. The van der Waals surface area contributed by atoms with Gasteiger partial charge >= 0.3 is 5.97 Å². The monoisotopic (exact) mass is 207 g/mol. The van der Waals surface area contributed by atoms with Crippen LogP contribution in [0.5, 0.6) is 0 Å². The van der Waals surface area contributed by atoms with Crippen molar-refractivity contribution in [3.63, 3.8) is 0 Å². The largest absolute Gasteiger partial charge is 0.481 e. The Kier molecular flexibility index (Phi) is 4.28. The summed E-state index contributed by atoms with van der Waals surface area (Å²) in [5.41, 5.74) is 0.853. The number of rotatable bonds is 5. The Balaban J connectivity index is 2.97. The van der Waals surface area contributed by atoms with Gasteiger partial charge in [-0.15, -0.1) is 0 Å². The first kappa shape index (κ1) is 11.7. The molecule has 0 bridgehead atoms. The van der Waals surface area contributed by atoms with Crippen molar-refractivity contribution >= 4 is 5.97 Å². The van der Waals surface area contributed by atoms with Crippen LogP contribution in [0.1, 0.15) is 38.2 Å². The van der Waals surface area contributed by atoms with Gasteiger partial charge in [-0.1, -0.05) is 26.7 Å². The highest BCUT2D eigenvalue weighted by atomic mass is 16.4. The summed E-state index contributed by atoms with van der Waals surface area (Å²) in [6.45, 7) is 4.07. The molecule has 1 rings (SSSR count). The number of nitrogens with zero attached hydrogens (tertiary/aromatic N) is 1. The van der Waals surface area contributed by atoms with Crippen LogP contribution in [0, 0.1) is 5.92 Å². The van der Waals surface area contributed by atoms with Gasteiger partial charge in [-0.05, 0) is 23.6 Å². The molecule has 1 atom stereocenters. The van der Waals surface area contributed by atoms with Crippen LogP contribution in [0.15, 0.2) is 24.5 Å². The fourth-order valence-electron chi connectivity index (χ4n) is 1.95. The molecule has 1 N–H and O–H groups in total. The van der Waals surface area contributed by atoms with E-state index in [1.165, 1.54) is 0 Å². The number of carbonyl (C=O) groups is 1. The summed E-state index contributed by atoms with van der Waals surface area (Å²) < 4.78 is 0. The lowest BCUT2D eigenvalue weighted by Crippen LogP contribution is -2.20. The average Bonchev–Trinajstić information content (AvgIpc) is 2.26. The fourth-order valence-corrected chi connectivity index (χ4v) is 1.95. The highest BCUT2D eigenvalue weighted by Crippen LogP contribution is 2.29. The van der Waals surface area contributed by atoms with Crippen molar-refractivity contribution in [1.29, 1.82) is 0 Å². The molecular formula is C12H17NO2. The van der Waals surface area contributed by atoms with E-state index in [9.17, 15) is 9.90 Å². The minimum atomic E-state index is -0.741. The van der Waals surface area contributed by atoms with Crippen LogP contribution in [0.2, 0.25) is 0 Å². The minimum absolute atomic E-state index is 0.199. The molecule has 0 saturated carbocycles. The van der Waals surface area contributed by atoms with E-state index in [1.807, 2.05) is 13.8 Å². The maximum Gasteiger partial charge on any atom is 0.311 e. The van der Waals surface area contributed by atoms with Crippen LogP contribution in [0.4, 0.5) is 0 Å². The first-order valence-corrected chi connectivity index (χ1v) is 5.33. The van der Waals surface area contributed by atoms with Gasteiger partial charge < -0.3 is 5.11 Å². The maximum absolute atomic E-state index is 11.2. The summed E-state index contributed by atoms with van der Waals surface area (Å²) in [6, 6.07) is 3.58. The van der Waals surface area contributed by atoms with Crippen molar-refractivity contribution in [2.24, 2.45) is 5.92 Å². The van der Waals surface area contributed by atoms with Crippen LogP contribution in [-0.4, -0.2) is 16.1 Å². The average molecular weight is 207 g/mol. The Labute approximate surface area is 90.2 Å². The van der Waals surface area contributed by atoms with E-state index in [-0.39, 0.29) is 5.92 Å². The molecule has 1 heterocycles. The molecule has 1 aromatic heterocycles. The van der Waals surface area contributed by atoms with Gasteiger partial charge in [0.15, 0.2) is 0 Å². The molecule has 0 fully saturated rings. The van der Waals surface area contributed by atoms with Crippen LogP contribution in [0.25, 0.3) is 0 Å². The number of aromatic nitrogens is 1. The SMILES string of the molecule is CCC(CC)C(C(=O)O)c1ccncc1. The van der Waals surface area contributed by atoms with Crippen molar-refractivity contribution < 1.29 is 9.90 Å². The van der Waals surface area contributed by atoms with Crippen molar-refractivity contribution in [1.82, 2.24) is 4.98 Å². The van der Waals surface area contributed by atoms with Crippen LogP contribution in [0.3, 0.4) is 0 Å². The molecule has 0 aliphatic carbocycles. The van der Waals surface area contributed by atoms with Crippen molar-refractivity contribution in [3.8, 4) is 0 Å². The second-order valence-corrected chi connectivity index (χ2v) is 3.67. The van der Waals surface area contributed by atoms with Crippen molar-refractivity contribution in [2.45, 2.75) is 32.6 Å². The van der Waals surface area contributed by atoms with Crippen LogP contribution in [-0.2, 0) is 4.79 Å². The molecule has 1 aromatic rings. The number of hydrogen-bond donors (Lipinski definition) is 1. The first-order valence-electron chi connectivity index (χ1n) is 5.33. The van der Waals surface area contributed by atoms with Gasteiger partial charge in [-0.3, -0.25) is 9.78 Å². The van der Waals surface area contributed by atoms with Gasteiger partial charge in [0.2, 0.25) is 0 Å². The Morgan fingerprint density at radius 1 is 1.33 bits per heavy atom. The van der Waals surface area contributed by atoms with E-state index < -0.39 is 11.9 Å². The Hall–Kier alpha value is -1.38. The highest BCUT2D eigenvalue weighted by Gasteiger charge is 2.26.